The van der Waals surface area contributed by atoms with E-state index in [9.17, 15) is 9.18 Å². The standard InChI is InChI=1S/C9H6ClFINO2/c1-13-8-4(9(14)15-2)3-5(12)6(10)7(8)11/h3H,1H2,2H3. The van der Waals surface area contributed by atoms with Crippen molar-refractivity contribution in [3.05, 3.63) is 26.0 Å². The van der Waals surface area contributed by atoms with Gasteiger partial charge in [0.1, 0.15) is 5.69 Å². The third kappa shape index (κ3) is 2.28. The minimum absolute atomic E-state index is 0.0128. The Hall–Kier alpha value is -0.690. The van der Waals surface area contributed by atoms with Gasteiger partial charge in [0.25, 0.3) is 0 Å². The van der Waals surface area contributed by atoms with Crippen molar-refractivity contribution in [2.75, 3.05) is 7.11 Å². The molecule has 0 atom stereocenters. The van der Waals surface area contributed by atoms with Crippen LogP contribution in [0.4, 0.5) is 10.1 Å². The molecule has 0 fully saturated rings. The van der Waals surface area contributed by atoms with Gasteiger partial charge in [0, 0.05) is 3.57 Å². The molecule has 0 aromatic heterocycles. The van der Waals surface area contributed by atoms with Crippen LogP contribution in [0, 0.1) is 9.39 Å². The molecule has 0 spiro atoms. The molecule has 0 saturated carbocycles. The Labute approximate surface area is 104 Å². The summed E-state index contributed by atoms with van der Waals surface area (Å²) in [6.45, 7) is 3.18. The molecule has 0 bridgehead atoms. The summed E-state index contributed by atoms with van der Waals surface area (Å²) in [5.41, 5.74) is -0.175. The third-order valence-electron chi connectivity index (χ3n) is 1.70. The van der Waals surface area contributed by atoms with Crippen molar-refractivity contribution >= 4 is 52.6 Å². The second kappa shape index (κ2) is 4.89. The van der Waals surface area contributed by atoms with Crippen molar-refractivity contribution in [3.63, 3.8) is 0 Å². The Balaban J connectivity index is 3.52. The van der Waals surface area contributed by atoms with E-state index in [1.807, 2.05) is 22.6 Å². The molecule has 0 aliphatic carbocycles. The van der Waals surface area contributed by atoms with Crippen LogP contribution < -0.4 is 0 Å². The van der Waals surface area contributed by atoms with Crippen molar-refractivity contribution < 1.29 is 13.9 Å². The van der Waals surface area contributed by atoms with E-state index in [0.29, 0.717) is 3.57 Å². The van der Waals surface area contributed by atoms with Crippen molar-refractivity contribution in [3.8, 4) is 0 Å². The van der Waals surface area contributed by atoms with Gasteiger partial charge < -0.3 is 4.74 Å². The number of ether oxygens (including phenoxy) is 1. The summed E-state index contributed by atoms with van der Waals surface area (Å²) in [5.74, 6) is -1.44. The van der Waals surface area contributed by atoms with Gasteiger partial charge in [-0.25, -0.2) is 9.18 Å². The molecule has 80 valence electrons. The first kappa shape index (κ1) is 12.4. The number of hydrogen-bond donors (Lipinski definition) is 0. The fraction of sp³-hybridized carbons (Fsp3) is 0.111. The summed E-state index contributed by atoms with van der Waals surface area (Å²) >= 11 is 7.48. The van der Waals surface area contributed by atoms with E-state index in [1.54, 1.807) is 0 Å². The van der Waals surface area contributed by atoms with Gasteiger partial charge in [-0.05, 0) is 35.4 Å². The Morgan fingerprint density at radius 1 is 1.73 bits per heavy atom. The van der Waals surface area contributed by atoms with Gasteiger partial charge in [-0.1, -0.05) is 11.6 Å². The number of rotatable bonds is 2. The fourth-order valence-corrected chi connectivity index (χ4v) is 1.70. The van der Waals surface area contributed by atoms with Crippen molar-refractivity contribution in [2.45, 2.75) is 0 Å². The number of halogens is 3. The predicted octanol–water partition coefficient (Wildman–Crippen LogP) is 3.20. The molecule has 1 aromatic carbocycles. The monoisotopic (exact) mass is 341 g/mol. The van der Waals surface area contributed by atoms with Crippen LogP contribution in [-0.4, -0.2) is 19.8 Å². The van der Waals surface area contributed by atoms with Gasteiger partial charge in [0.05, 0.1) is 17.7 Å². The minimum Gasteiger partial charge on any atom is -0.465 e. The summed E-state index contributed by atoms with van der Waals surface area (Å²) < 4.78 is 18.4. The smallest absolute Gasteiger partial charge is 0.340 e. The van der Waals surface area contributed by atoms with Crippen LogP contribution in [0.1, 0.15) is 10.4 Å². The average molecular weight is 342 g/mol. The molecule has 15 heavy (non-hydrogen) atoms. The first-order chi connectivity index (χ1) is 7.02. The number of nitrogens with zero attached hydrogens (tertiary/aromatic N) is 1. The SMILES string of the molecule is C=Nc1c(C(=O)OC)cc(I)c(Cl)c1F. The average Bonchev–Trinajstić information content (AvgIpc) is 2.24. The highest BCUT2D eigenvalue weighted by Gasteiger charge is 2.20. The largest absolute Gasteiger partial charge is 0.465 e. The number of benzene rings is 1. The fourth-order valence-electron chi connectivity index (χ4n) is 1.01. The van der Waals surface area contributed by atoms with E-state index in [2.05, 4.69) is 16.4 Å². The Bertz CT molecular complexity index is 437. The quantitative estimate of drug-likeness (QED) is 0.359. The van der Waals surface area contributed by atoms with E-state index in [-0.39, 0.29) is 16.3 Å². The lowest BCUT2D eigenvalue weighted by atomic mass is 10.1. The lowest BCUT2D eigenvalue weighted by Crippen LogP contribution is -2.04. The van der Waals surface area contributed by atoms with Crippen LogP contribution in [0.3, 0.4) is 0 Å². The summed E-state index contributed by atoms with van der Waals surface area (Å²) in [6, 6.07) is 1.40. The molecule has 0 N–H and O–H groups in total. The molecule has 0 aliphatic rings. The number of carbonyl (C=O) groups excluding carboxylic acids is 1. The molecule has 1 aromatic rings. The molecule has 1 rings (SSSR count). The first-order valence-corrected chi connectivity index (χ1v) is 5.21. The molecule has 0 amide bonds. The van der Waals surface area contributed by atoms with E-state index in [0.717, 1.165) is 0 Å². The van der Waals surface area contributed by atoms with Crippen molar-refractivity contribution in [1.82, 2.24) is 0 Å². The van der Waals surface area contributed by atoms with Crippen LogP contribution in [0.5, 0.6) is 0 Å². The zero-order valence-corrected chi connectivity index (χ0v) is 10.6. The van der Waals surface area contributed by atoms with E-state index < -0.39 is 11.8 Å². The van der Waals surface area contributed by atoms with Crippen LogP contribution in [0.25, 0.3) is 0 Å². The van der Waals surface area contributed by atoms with E-state index in [4.69, 9.17) is 11.6 Å². The molecule has 0 heterocycles. The first-order valence-electron chi connectivity index (χ1n) is 3.75. The van der Waals surface area contributed by atoms with Crippen molar-refractivity contribution in [2.24, 2.45) is 4.99 Å². The maximum atomic E-state index is 13.5. The molecular weight excluding hydrogens is 335 g/mol. The number of carbonyl (C=O) groups is 1. The lowest BCUT2D eigenvalue weighted by Gasteiger charge is -2.07. The summed E-state index contributed by atoms with van der Waals surface area (Å²) in [5, 5.41) is -0.0781. The van der Waals surface area contributed by atoms with Gasteiger partial charge in [-0.2, -0.15) is 0 Å². The highest BCUT2D eigenvalue weighted by Crippen LogP contribution is 2.33. The number of aliphatic imine (C=N–C) groups is 1. The van der Waals surface area contributed by atoms with Gasteiger partial charge >= 0.3 is 5.97 Å². The van der Waals surface area contributed by atoms with Crippen molar-refractivity contribution in [1.29, 1.82) is 0 Å². The molecule has 0 saturated heterocycles. The molecule has 0 radical (unpaired) electrons. The Morgan fingerprint density at radius 2 is 2.33 bits per heavy atom. The summed E-state index contributed by atoms with van der Waals surface area (Å²) in [7, 11) is 1.20. The van der Waals surface area contributed by atoms with E-state index in [1.165, 1.54) is 13.2 Å². The van der Waals surface area contributed by atoms with Crippen LogP contribution in [0.15, 0.2) is 11.1 Å². The Morgan fingerprint density at radius 3 is 2.80 bits per heavy atom. The second-order valence-corrected chi connectivity index (χ2v) is 4.07. The van der Waals surface area contributed by atoms with Crippen LogP contribution >= 0.6 is 34.2 Å². The molecule has 3 nitrogen and oxygen atoms in total. The molecule has 6 heteroatoms. The van der Waals surface area contributed by atoms with E-state index >= 15 is 0 Å². The zero-order chi connectivity index (χ0) is 11.6. The maximum Gasteiger partial charge on any atom is 0.340 e. The molecule has 0 unspecified atom stereocenters. The molecule has 0 aliphatic heterocycles. The highest BCUT2D eigenvalue weighted by molar-refractivity contribution is 14.1. The van der Waals surface area contributed by atoms with Crippen LogP contribution in [0.2, 0.25) is 5.02 Å². The zero-order valence-electron chi connectivity index (χ0n) is 7.68. The summed E-state index contributed by atoms with van der Waals surface area (Å²) in [6.07, 6.45) is 0. The topological polar surface area (TPSA) is 38.7 Å². The number of methoxy groups -OCH3 is 1. The van der Waals surface area contributed by atoms with Gasteiger partial charge in [0.15, 0.2) is 5.82 Å². The predicted molar refractivity (Wildman–Crippen MR) is 64.7 cm³/mol. The number of esters is 1. The second-order valence-electron chi connectivity index (χ2n) is 2.53. The normalized spacial score (nSPS) is 9.87. The maximum absolute atomic E-state index is 13.5. The summed E-state index contributed by atoms with van der Waals surface area (Å²) in [4.78, 5) is 14.7. The minimum atomic E-state index is -0.765. The molecular formula is C9H6ClFINO2. The third-order valence-corrected chi connectivity index (χ3v) is 3.24. The van der Waals surface area contributed by atoms with Gasteiger partial charge in [-0.3, -0.25) is 4.99 Å². The van der Waals surface area contributed by atoms with Crippen LogP contribution in [-0.2, 0) is 4.74 Å². The van der Waals surface area contributed by atoms with Gasteiger partial charge in [-0.15, -0.1) is 0 Å². The highest BCUT2D eigenvalue weighted by atomic mass is 127. The Kier molecular flexibility index (Phi) is 4.04. The van der Waals surface area contributed by atoms with Gasteiger partial charge in [0.2, 0.25) is 0 Å². The lowest BCUT2D eigenvalue weighted by molar-refractivity contribution is 0.0601. The number of hydrogen-bond acceptors (Lipinski definition) is 3.